The van der Waals surface area contributed by atoms with Gasteiger partial charge in [-0.15, -0.1) is 0 Å². The van der Waals surface area contributed by atoms with Crippen LogP contribution in [0.5, 0.6) is 0 Å². The zero-order chi connectivity index (χ0) is 22.7. The van der Waals surface area contributed by atoms with Gasteiger partial charge in [-0.25, -0.2) is 9.59 Å². The molecule has 0 saturated heterocycles. The number of hydrogen-bond donors (Lipinski definition) is 1. The number of anilines is 1. The maximum absolute atomic E-state index is 12.2. The van der Waals surface area contributed by atoms with Crippen molar-refractivity contribution in [1.29, 1.82) is 0 Å². The van der Waals surface area contributed by atoms with Crippen LogP contribution in [-0.4, -0.2) is 43.7 Å². The molecule has 2 atom stereocenters. The number of nitrogens with zero attached hydrogens (tertiary/aromatic N) is 2. The number of methoxy groups -OCH3 is 1. The summed E-state index contributed by atoms with van der Waals surface area (Å²) in [5.74, 6) is 0.138. The molecule has 0 spiro atoms. The first-order valence-corrected chi connectivity index (χ1v) is 12.9. The van der Waals surface area contributed by atoms with Crippen LogP contribution in [-0.2, 0) is 18.7 Å². The van der Waals surface area contributed by atoms with Crippen LogP contribution in [0, 0.1) is 5.92 Å². The number of aromatic nitrogens is 2. The third-order valence-electron chi connectivity index (χ3n) is 6.34. The highest BCUT2D eigenvalue weighted by atomic mass is 28.4. The van der Waals surface area contributed by atoms with E-state index < -0.39 is 32.3 Å². The quantitative estimate of drug-likeness (QED) is 0.380. The summed E-state index contributed by atoms with van der Waals surface area (Å²) in [7, 11) is -0.766. The lowest BCUT2D eigenvalue weighted by Crippen LogP contribution is -2.46. The lowest BCUT2D eigenvalue weighted by Gasteiger charge is -2.43. The van der Waals surface area contributed by atoms with Gasteiger partial charge in [-0.3, -0.25) is 4.57 Å². The molecule has 0 unspecified atom stereocenters. The van der Waals surface area contributed by atoms with E-state index in [1.807, 2.05) is 0 Å². The highest BCUT2D eigenvalue weighted by Gasteiger charge is 2.44. The Morgan fingerprint density at radius 2 is 2.10 bits per heavy atom. The van der Waals surface area contributed by atoms with E-state index in [-0.39, 0.29) is 10.9 Å². The van der Waals surface area contributed by atoms with Gasteiger partial charge in [-0.05, 0) is 47.8 Å². The van der Waals surface area contributed by atoms with Gasteiger partial charge in [-0.2, -0.15) is 4.98 Å². The van der Waals surface area contributed by atoms with Crippen LogP contribution in [0.2, 0.25) is 18.1 Å². The lowest BCUT2D eigenvalue weighted by molar-refractivity contribution is -0.134. The van der Waals surface area contributed by atoms with Gasteiger partial charge in [0.05, 0.1) is 13.7 Å². The maximum atomic E-state index is 12.2. The summed E-state index contributed by atoms with van der Waals surface area (Å²) in [5, 5.41) is 0.0502. The van der Waals surface area contributed by atoms with Gasteiger partial charge in [0.2, 0.25) is 0 Å². The second kappa shape index (κ2) is 9.28. The molecule has 1 aromatic heterocycles. The summed E-state index contributed by atoms with van der Waals surface area (Å²) < 4.78 is 18.6. The summed E-state index contributed by atoms with van der Waals surface area (Å²) >= 11 is 0. The van der Waals surface area contributed by atoms with E-state index in [1.54, 1.807) is 12.2 Å². The van der Waals surface area contributed by atoms with Crippen molar-refractivity contribution in [3.05, 3.63) is 46.5 Å². The van der Waals surface area contributed by atoms with E-state index >= 15 is 0 Å². The van der Waals surface area contributed by atoms with Crippen molar-refractivity contribution in [1.82, 2.24) is 9.55 Å². The molecule has 0 bridgehead atoms. The zero-order valence-corrected chi connectivity index (χ0v) is 19.8. The molecule has 0 fully saturated rings. The standard InChI is InChI=1S/C21H33N3O5Si/c1-14(2)21(3,4)30(6,7)28-13-16-15(8-9-19(25)27-5)12-18(29-16)24-11-10-17(22)23-20(24)26/h8-12,14,16,18H,13H2,1-7H3,(H2,22,23,26)/b9-8+/t16-,18-/m1/s1. The Balaban J connectivity index is 2.26. The number of rotatable bonds is 8. The molecule has 166 valence electrons. The molecule has 9 heteroatoms. The van der Waals surface area contributed by atoms with E-state index in [0.717, 1.165) is 5.57 Å². The Hall–Kier alpha value is -2.23. The minimum atomic E-state index is -2.08. The van der Waals surface area contributed by atoms with Crippen LogP contribution in [0.1, 0.15) is 33.9 Å². The molecule has 1 aliphatic heterocycles. The molecule has 8 nitrogen and oxygen atoms in total. The highest BCUT2D eigenvalue weighted by Crippen LogP contribution is 2.45. The van der Waals surface area contributed by atoms with Gasteiger partial charge in [0.25, 0.3) is 0 Å². The molecule has 0 aliphatic carbocycles. The third kappa shape index (κ3) is 5.27. The van der Waals surface area contributed by atoms with Crippen molar-refractivity contribution in [2.45, 2.75) is 58.2 Å². The number of carbonyl (C=O) groups is 1. The number of ether oxygens (including phenoxy) is 2. The van der Waals surface area contributed by atoms with Crippen molar-refractivity contribution >= 4 is 20.1 Å². The zero-order valence-electron chi connectivity index (χ0n) is 18.8. The summed E-state index contributed by atoms with van der Waals surface area (Å²) in [6, 6.07) is 1.54. The van der Waals surface area contributed by atoms with E-state index in [9.17, 15) is 9.59 Å². The Bertz CT molecular complexity index is 889. The number of nitrogen functional groups attached to an aromatic ring is 1. The molecule has 0 saturated carbocycles. The molecular weight excluding hydrogens is 402 g/mol. The van der Waals surface area contributed by atoms with Gasteiger partial charge in [-0.1, -0.05) is 27.7 Å². The van der Waals surface area contributed by atoms with Crippen LogP contribution >= 0.6 is 0 Å². The van der Waals surface area contributed by atoms with Crippen molar-refractivity contribution in [2.75, 3.05) is 19.5 Å². The fourth-order valence-electron chi connectivity index (χ4n) is 3.02. The average Bonchev–Trinajstić information content (AvgIpc) is 3.07. The summed E-state index contributed by atoms with van der Waals surface area (Å²) in [6.45, 7) is 13.6. The largest absolute Gasteiger partial charge is 0.466 e. The van der Waals surface area contributed by atoms with Crippen molar-refractivity contribution in [3.8, 4) is 0 Å². The minimum Gasteiger partial charge on any atom is -0.466 e. The average molecular weight is 436 g/mol. The summed E-state index contributed by atoms with van der Waals surface area (Å²) in [4.78, 5) is 27.5. The van der Waals surface area contributed by atoms with Gasteiger partial charge >= 0.3 is 11.7 Å². The van der Waals surface area contributed by atoms with Crippen molar-refractivity contribution in [2.24, 2.45) is 5.92 Å². The second-order valence-corrected chi connectivity index (χ2v) is 13.4. The minimum absolute atomic E-state index is 0.0502. The molecule has 1 aromatic rings. The van der Waals surface area contributed by atoms with E-state index in [1.165, 1.54) is 30.0 Å². The van der Waals surface area contributed by atoms with Gasteiger partial charge in [0, 0.05) is 12.3 Å². The van der Waals surface area contributed by atoms with Crippen molar-refractivity contribution in [3.63, 3.8) is 0 Å². The fourth-order valence-corrected chi connectivity index (χ4v) is 5.35. The predicted molar refractivity (Wildman–Crippen MR) is 118 cm³/mol. The van der Waals surface area contributed by atoms with E-state index in [2.05, 4.69) is 50.5 Å². The molecule has 2 rings (SSSR count). The predicted octanol–water partition coefficient (Wildman–Crippen LogP) is 3.04. The SMILES string of the molecule is COC(=O)/C=C/C1=C[C@H](n2ccc(N)nc2=O)O[C@@H]1CO[Si](C)(C)C(C)(C)C(C)C. The van der Waals surface area contributed by atoms with Crippen LogP contribution in [0.15, 0.2) is 40.9 Å². The Morgan fingerprint density at radius 3 is 2.67 bits per heavy atom. The fraction of sp³-hybridized carbons (Fsp3) is 0.571. The lowest BCUT2D eigenvalue weighted by atomic mass is 9.99. The normalized spacial score (nSPS) is 20.1. The van der Waals surface area contributed by atoms with Crippen LogP contribution < -0.4 is 11.4 Å². The number of nitrogens with two attached hydrogens (primary N) is 1. The Labute approximate surface area is 178 Å². The molecule has 2 heterocycles. The van der Waals surface area contributed by atoms with E-state index in [4.69, 9.17) is 14.9 Å². The first-order chi connectivity index (χ1) is 13.9. The molecule has 1 aliphatic rings. The maximum Gasteiger partial charge on any atom is 0.351 e. The van der Waals surface area contributed by atoms with Crippen molar-refractivity contribution < 1.29 is 18.7 Å². The number of carbonyl (C=O) groups excluding carboxylic acids is 1. The summed E-state index contributed by atoms with van der Waals surface area (Å²) in [6.07, 6.45) is 5.17. The van der Waals surface area contributed by atoms with Gasteiger partial charge in [0.1, 0.15) is 11.9 Å². The van der Waals surface area contributed by atoms with E-state index in [0.29, 0.717) is 12.5 Å². The number of hydrogen-bond acceptors (Lipinski definition) is 7. The second-order valence-electron chi connectivity index (χ2n) is 8.78. The monoisotopic (exact) mass is 435 g/mol. The van der Waals surface area contributed by atoms with Crippen LogP contribution in [0.4, 0.5) is 5.82 Å². The van der Waals surface area contributed by atoms with Gasteiger partial charge in [0.15, 0.2) is 14.5 Å². The molecule has 2 N–H and O–H groups in total. The Morgan fingerprint density at radius 1 is 1.43 bits per heavy atom. The smallest absolute Gasteiger partial charge is 0.351 e. The summed E-state index contributed by atoms with van der Waals surface area (Å²) in [5.41, 5.74) is 5.81. The van der Waals surface area contributed by atoms with Crippen LogP contribution in [0.25, 0.3) is 0 Å². The first kappa shape index (κ1) is 24.0. The first-order valence-electron chi connectivity index (χ1n) is 10.0. The molecule has 30 heavy (non-hydrogen) atoms. The number of esters is 1. The van der Waals surface area contributed by atoms with Gasteiger partial charge < -0.3 is 19.6 Å². The third-order valence-corrected chi connectivity index (χ3v) is 10.9. The Kier molecular flexibility index (Phi) is 7.43. The topological polar surface area (TPSA) is 106 Å². The molecule has 0 radical (unpaired) electrons. The van der Waals surface area contributed by atoms with Crippen LogP contribution in [0.3, 0.4) is 0 Å². The molecular formula is C21H33N3O5Si. The molecule has 0 aromatic carbocycles. The highest BCUT2D eigenvalue weighted by molar-refractivity contribution is 6.74. The molecule has 0 amide bonds.